The van der Waals surface area contributed by atoms with Crippen LogP contribution in [-0.4, -0.2) is 36.0 Å². The second-order valence-electron chi connectivity index (χ2n) is 6.54. The quantitative estimate of drug-likeness (QED) is 0.848. The Labute approximate surface area is 138 Å². The normalized spacial score (nSPS) is 15.6. The third-order valence-corrected chi connectivity index (χ3v) is 4.37. The van der Waals surface area contributed by atoms with E-state index in [-0.39, 0.29) is 11.9 Å². The molecule has 0 saturated heterocycles. The van der Waals surface area contributed by atoms with E-state index in [4.69, 9.17) is 0 Å². The second-order valence-corrected chi connectivity index (χ2v) is 6.54. The number of hydrogen-bond donors (Lipinski definition) is 2. The van der Waals surface area contributed by atoms with Crippen molar-refractivity contribution in [2.24, 2.45) is 0 Å². The predicted molar refractivity (Wildman–Crippen MR) is 91.2 cm³/mol. The van der Waals surface area contributed by atoms with Gasteiger partial charge in [0.1, 0.15) is 0 Å². The number of rotatable bonds is 6. The van der Waals surface area contributed by atoms with Crippen molar-refractivity contribution in [2.45, 2.75) is 58.2 Å². The lowest BCUT2D eigenvalue weighted by atomic mass is 10.0. The minimum absolute atomic E-state index is 0.255. The van der Waals surface area contributed by atoms with Crippen molar-refractivity contribution in [1.82, 2.24) is 15.5 Å². The molecule has 0 heterocycles. The van der Waals surface area contributed by atoms with Gasteiger partial charge in [0.05, 0.1) is 6.04 Å². The molecule has 2 rings (SSSR count). The molecule has 1 saturated carbocycles. The van der Waals surface area contributed by atoms with Crippen molar-refractivity contribution in [3.8, 4) is 0 Å². The first-order valence-electron chi connectivity index (χ1n) is 8.29. The Morgan fingerprint density at radius 2 is 1.78 bits per heavy atom. The van der Waals surface area contributed by atoms with Crippen LogP contribution in [0, 0.1) is 0 Å². The standard InChI is InChI=1S/C18H27N3O2/c1-12(2)15-7-5-14(6-8-15)11-21(16-9-10-16)13(3)17(22)20-18(23)19-4/h5-8,12-13,16H,9-11H2,1-4H3,(H2,19,20,22,23)/t13-/m1/s1. The number of nitrogens with one attached hydrogen (secondary N) is 2. The molecule has 1 aliphatic rings. The molecule has 3 amide bonds. The van der Waals surface area contributed by atoms with Crippen LogP contribution < -0.4 is 10.6 Å². The van der Waals surface area contributed by atoms with Crippen LogP contribution in [0.15, 0.2) is 24.3 Å². The minimum atomic E-state index is -0.459. The number of hydrogen-bond acceptors (Lipinski definition) is 3. The summed E-state index contributed by atoms with van der Waals surface area (Å²) in [4.78, 5) is 25.7. The lowest BCUT2D eigenvalue weighted by molar-refractivity contribution is -0.125. The number of nitrogens with zero attached hydrogens (tertiary/aromatic N) is 1. The molecule has 0 spiro atoms. The molecule has 5 heteroatoms. The maximum absolute atomic E-state index is 12.2. The molecule has 2 N–H and O–H groups in total. The van der Waals surface area contributed by atoms with Crippen LogP contribution in [0.5, 0.6) is 0 Å². The summed E-state index contributed by atoms with van der Waals surface area (Å²) in [7, 11) is 1.50. The van der Waals surface area contributed by atoms with Crippen LogP contribution in [-0.2, 0) is 11.3 Å². The summed E-state index contributed by atoms with van der Waals surface area (Å²) in [5.74, 6) is 0.260. The van der Waals surface area contributed by atoms with E-state index in [1.54, 1.807) is 0 Å². The van der Waals surface area contributed by atoms with E-state index in [9.17, 15) is 9.59 Å². The van der Waals surface area contributed by atoms with E-state index in [0.29, 0.717) is 12.0 Å². The van der Waals surface area contributed by atoms with E-state index >= 15 is 0 Å². The monoisotopic (exact) mass is 317 g/mol. The number of urea groups is 1. The number of benzene rings is 1. The van der Waals surface area contributed by atoms with Crippen molar-refractivity contribution < 1.29 is 9.59 Å². The molecule has 0 bridgehead atoms. The molecule has 1 aliphatic carbocycles. The maximum Gasteiger partial charge on any atom is 0.321 e. The first-order chi connectivity index (χ1) is 10.9. The van der Waals surface area contributed by atoms with E-state index in [2.05, 4.69) is 53.6 Å². The van der Waals surface area contributed by atoms with Crippen molar-refractivity contribution in [3.05, 3.63) is 35.4 Å². The first-order valence-corrected chi connectivity index (χ1v) is 8.29. The zero-order valence-electron chi connectivity index (χ0n) is 14.4. The topological polar surface area (TPSA) is 61.4 Å². The molecule has 1 aromatic carbocycles. The smallest absolute Gasteiger partial charge is 0.321 e. The SMILES string of the molecule is CNC(=O)NC(=O)[C@@H](C)N(Cc1ccc(C(C)C)cc1)C1CC1. The summed E-state index contributed by atoms with van der Waals surface area (Å²) < 4.78 is 0. The summed E-state index contributed by atoms with van der Waals surface area (Å²) >= 11 is 0. The largest absolute Gasteiger partial charge is 0.341 e. The zero-order valence-corrected chi connectivity index (χ0v) is 14.4. The van der Waals surface area contributed by atoms with Gasteiger partial charge in [0.2, 0.25) is 5.91 Å². The number of amides is 3. The highest BCUT2D eigenvalue weighted by Gasteiger charge is 2.35. The van der Waals surface area contributed by atoms with Crippen molar-refractivity contribution in [1.29, 1.82) is 0 Å². The average Bonchev–Trinajstić information content (AvgIpc) is 3.36. The Morgan fingerprint density at radius 3 is 2.26 bits per heavy atom. The molecule has 0 aromatic heterocycles. The molecular weight excluding hydrogens is 290 g/mol. The van der Waals surface area contributed by atoms with Crippen LogP contribution in [0.25, 0.3) is 0 Å². The molecule has 0 unspecified atom stereocenters. The van der Waals surface area contributed by atoms with E-state index in [0.717, 1.165) is 19.4 Å². The summed E-state index contributed by atoms with van der Waals surface area (Å²) in [6.45, 7) is 6.94. The van der Waals surface area contributed by atoms with Gasteiger partial charge in [0.25, 0.3) is 0 Å². The molecule has 1 atom stereocenters. The van der Waals surface area contributed by atoms with Crippen molar-refractivity contribution in [3.63, 3.8) is 0 Å². The van der Waals surface area contributed by atoms with Gasteiger partial charge in [-0.05, 0) is 36.8 Å². The number of carbonyl (C=O) groups is 2. The highest BCUT2D eigenvalue weighted by atomic mass is 16.2. The highest BCUT2D eigenvalue weighted by molar-refractivity contribution is 5.96. The second kappa shape index (κ2) is 7.59. The summed E-state index contributed by atoms with van der Waals surface area (Å²) in [6.07, 6.45) is 2.23. The zero-order chi connectivity index (χ0) is 17.0. The van der Waals surface area contributed by atoms with Gasteiger partial charge >= 0.3 is 6.03 Å². The predicted octanol–water partition coefficient (Wildman–Crippen LogP) is 2.62. The van der Waals surface area contributed by atoms with Gasteiger partial charge in [-0.25, -0.2) is 4.79 Å². The molecule has 0 aliphatic heterocycles. The Hall–Kier alpha value is -1.88. The summed E-state index contributed by atoms with van der Waals surface area (Å²) in [6, 6.07) is 8.22. The maximum atomic E-state index is 12.2. The van der Waals surface area contributed by atoms with Gasteiger partial charge in [0.15, 0.2) is 0 Å². The van der Waals surface area contributed by atoms with E-state index in [1.807, 2.05) is 6.92 Å². The van der Waals surface area contributed by atoms with Gasteiger partial charge in [-0.15, -0.1) is 0 Å². The van der Waals surface area contributed by atoms with Crippen LogP contribution in [0.2, 0.25) is 0 Å². The average molecular weight is 317 g/mol. The van der Waals surface area contributed by atoms with Gasteiger partial charge in [-0.3, -0.25) is 15.0 Å². The third kappa shape index (κ3) is 4.79. The van der Waals surface area contributed by atoms with Crippen molar-refractivity contribution in [2.75, 3.05) is 7.05 Å². The Balaban J connectivity index is 2.03. The Morgan fingerprint density at radius 1 is 1.17 bits per heavy atom. The van der Waals surface area contributed by atoms with Crippen LogP contribution in [0.4, 0.5) is 4.79 Å². The fourth-order valence-corrected chi connectivity index (χ4v) is 2.64. The van der Waals surface area contributed by atoms with Crippen LogP contribution >= 0.6 is 0 Å². The molecule has 1 aromatic rings. The van der Waals surface area contributed by atoms with Gasteiger partial charge in [-0.1, -0.05) is 38.1 Å². The van der Waals surface area contributed by atoms with Gasteiger partial charge < -0.3 is 5.32 Å². The first kappa shape index (κ1) is 17.5. The molecule has 126 valence electrons. The minimum Gasteiger partial charge on any atom is -0.341 e. The Kier molecular flexibility index (Phi) is 5.77. The molecule has 23 heavy (non-hydrogen) atoms. The summed E-state index contributed by atoms with van der Waals surface area (Å²) in [5.41, 5.74) is 2.51. The number of imide groups is 1. The molecule has 1 fully saturated rings. The van der Waals surface area contributed by atoms with Gasteiger partial charge in [-0.2, -0.15) is 0 Å². The van der Waals surface area contributed by atoms with Crippen molar-refractivity contribution >= 4 is 11.9 Å². The summed E-state index contributed by atoms with van der Waals surface area (Å²) in [5, 5.41) is 4.78. The number of carbonyl (C=O) groups excluding carboxylic acids is 2. The van der Waals surface area contributed by atoms with E-state index < -0.39 is 6.03 Å². The Bertz CT molecular complexity index is 550. The van der Waals surface area contributed by atoms with Crippen LogP contribution in [0.3, 0.4) is 0 Å². The fourth-order valence-electron chi connectivity index (χ4n) is 2.64. The van der Waals surface area contributed by atoms with Crippen LogP contribution in [0.1, 0.15) is 50.7 Å². The fraction of sp³-hybridized carbons (Fsp3) is 0.556. The van der Waals surface area contributed by atoms with E-state index in [1.165, 1.54) is 18.2 Å². The highest BCUT2D eigenvalue weighted by Crippen LogP contribution is 2.30. The molecule has 0 radical (unpaired) electrons. The van der Waals surface area contributed by atoms with Gasteiger partial charge in [0, 0.05) is 19.6 Å². The molecular formula is C18H27N3O2. The molecule has 5 nitrogen and oxygen atoms in total. The third-order valence-electron chi connectivity index (χ3n) is 4.37. The lowest BCUT2D eigenvalue weighted by Gasteiger charge is -2.28. The lowest BCUT2D eigenvalue weighted by Crippen LogP contribution is -2.49.